The number of furan rings is 1. The standard InChI is InChI=1S/C19H25N3O3/c1-12-10-16(12)17-9-8-15(24-17)11-22(14-6-7-14)19(23)5-3-4-18-20-13(2)21-25-18/h8-9,12,14,16H,3-7,10-11H2,1-2H3. The van der Waals surface area contributed by atoms with Gasteiger partial charge in [-0.15, -0.1) is 0 Å². The van der Waals surface area contributed by atoms with Crippen LogP contribution >= 0.6 is 0 Å². The van der Waals surface area contributed by atoms with Gasteiger partial charge in [0.25, 0.3) is 0 Å². The highest BCUT2D eigenvalue weighted by molar-refractivity contribution is 5.76. The third-order valence-corrected chi connectivity index (χ3v) is 5.14. The molecule has 0 spiro atoms. The monoisotopic (exact) mass is 343 g/mol. The molecule has 2 heterocycles. The van der Waals surface area contributed by atoms with E-state index in [2.05, 4.69) is 23.1 Å². The van der Waals surface area contributed by atoms with Crippen LogP contribution in [0.4, 0.5) is 0 Å². The van der Waals surface area contributed by atoms with Gasteiger partial charge in [0, 0.05) is 24.8 Å². The molecule has 0 saturated heterocycles. The Morgan fingerprint density at radius 3 is 2.80 bits per heavy atom. The molecule has 4 rings (SSSR count). The summed E-state index contributed by atoms with van der Waals surface area (Å²) in [6, 6.07) is 4.49. The lowest BCUT2D eigenvalue weighted by molar-refractivity contribution is -0.132. The van der Waals surface area contributed by atoms with E-state index < -0.39 is 0 Å². The fraction of sp³-hybridized carbons (Fsp3) is 0.632. The van der Waals surface area contributed by atoms with E-state index >= 15 is 0 Å². The molecule has 2 aromatic rings. The smallest absolute Gasteiger partial charge is 0.226 e. The summed E-state index contributed by atoms with van der Waals surface area (Å²) < 4.78 is 11.1. The Morgan fingerprint density at radius 1 is 1.36 bits per heavy atom. The fourth-order valence-corrected chi connectivity index (χ4v) is 3.35. The molecular formula is C19H25N3O3. The zero-order chi connectivity index (χ0) is 17.4. The average Bonchev–Trinajstić information content (AvgIpc) is 3.47. The molecule has 2 aliphatic carbocycles. The van der Waals surface area contributed by atoms with Gasteiger partial charge in [-0.05, 0) is 50.7 Å². The first-order valence-corrected chi connectivity index (χ1v) is 9.27. The van der Waals surface area contributed by atoms with Gasteiger partial charge in [0.15, 0.2) is 5.82 Å². The van der Waals surface area contributed by atoms with Crippen LogP contribution in [0.25, 0.3) is 0 Å². The summed E-state index contributed by atoms with van der Waals surface area (Å²) in [5, 5.41) is 3.78. The molecule has 0 bridgehead atoms. The van der Waals surface area contributed by atoms with Crippen molar-refractivity contribution in [3.63, 3.8) is 0 Å². The third-order valence-electron chi connectivity index (χ3n) is 5.14. The minimum atomic E-state index is 0.191. The predicted octanol–water partition coefficient (Wildman–Crippen LogP) is 3.61. The normalized spacial score (nSPS) is 22.2. The van der Waals surface area contributed by atoms with Crippen molar-refractivity contribution >= 4 is 5.91 Å². The summed E-state index contributed by atoms with van der Waals surface area (Å²) in [5.74, 6) is 4.73. The zero-order valence-corrected chi connectivity index (χ0v) is 14.9. The van der Waals surface area contributed by atoms with E-state index in [4.69, 9.17) is 8.94 Å². The molecule has 0 aromatic carbocycles. The van der Waals surface area contributed by atoms with Gasteiger partial charge in [-0.1, -0.05) is 12.1 Å². The van der Waals surface area contributed by atoms with Gasteiger partial charge in [-0.2, -0.15) is 4.98 Å². The molecule has 0 N–H and O–H groups in total. The van der Waals surface area contributed by atoms with Crippen LogP contribution in [0.1, 0.15) is 68.2 Å². The summed E-state index contributed by atoms with van der Waals surface area (Å²) in [4.78, 5) is 18.8. The summed E-state index contributed by atoms with van der Waals surface area (Å²) in [6.45, 7) is 4.63. The van der Waals surface area contributed by atoms with E-state index in [9.17, 15) is 4.79 Å². The number of hydrogen-bond acceptors (Lipinski definition) is 5. The second-order valence-electron chi connectivity index (χ2n) is 7.47. The molecule has 2 saturated carbocycles. The molecule has 2 aliphatic rings. The highest BCUT2D eigenvalue weighted by Crippen LogP contribution is 2.47. The Kier molecular flexibility index (Phi) is 4.36. The Bertz CT molecular complexity index is 747. The number of hydrogen-bond donors (Lipinski definition) is 0. The Balaban J connectivity index is 1.31. The number of aryl methyl sites for hydroxylation is 2. The van der Waals surface area contributed by atoms with Crippen LogP contribution in [0.15, 0.2) is 21.1 Å². The maximum Gasteiger partial charge on any atom is 0.226 e. The van der Waals surface area contributed by atoms with Gasteiger partial charge in [-0.25, -0.2) is 0 Å². The highest BCUT2D eigenvalue weighted by Gasteiger charge is 2.37. The largest absolute Gasteiger partial charge is 0.464 e. The van der Waals surface area contributed by atoms with Crippen molar-refractivity contribution in [2.45, 2.75) is 70.9 Å². The number of amides is 1. The van der Waals surface area contributed by atoms with Crippen molar-refractivity contribution in [1.82, 2.24) is 15.0 Å². The molecule has 6 heteroatoms. The van der Waals surface area contributed by atoms with Gasteiger partial charge in [0.05, 0.1) is 6.54 Å². The third kappa shape index (κ3) is 3.94. The minimum absolute atomic E-state index is 0.191. The van der Waals surface area contributed by atoms with Crippen molar-refractivity contribution in [2.75, 3.05) is 0 Å². The summed E-state index contributed by atoms with van der Waals surface area (Å²) >= 11 is 0. The molecule has 134 valence electrons. The van der Waals surface area contributed by atoms with Crippen LogP contribution in [0.2, 0.25) is 0 Å². The molecule has 2 aromatic heterocycles. The predicted molar refractivity (Wildman–Crippen MR) is 90.8 cm³/mol. The van der Waals surface area contributed by atoms with Gasteiger partial charge in [-0.3, -0.25) is 4.79 Å². The van der Waals surface area contributed by atoms with E-state index in [-0.39, 0.29) is 5.91 Å². The molecular weight excluding hydrogens is 318 g/mol. The van der Waals surface area contributed by atoms with Crippen molar-refractivity contribution in [3.8, 4) is 0 Å². The number of nitrogens with zero attached hydrogens (tertiary/aromatic N) is 3. The second-order valence-corrected chi connectivity index (χ2v) is 7.47. The molecule has 0 aliphatic heterocycles. The number of carbonyl (C=O) groups is 1. The van der Waals surface area contributed by atoms with Crippen LogP contribution < -0.4 is 0 Å². The maximum absolute atomic E-state index is 12.6. The minimum Gasteiger partial charge on any atom is -0.464 e. The molecule has 2 atom stereocenters. The average molecular weight is 343 g/mol. The van der Waals surface area contributed by atoms with E-state index in [1.807, 2.05) is 11.0 Å². The fourth-order valence-electron chi connectivity index (χ4n) is 3.35. The molecule has 2 unspecified atom stereocenters. The lowest BCUT2D eigenvalue weighted by atomic mass is 10.2. The van der Waals surface area contributed by atoms with Gasteiger partial charge < -0.3 is 13.8 Å². The van der Waals surface area contributed by atoms with Crippen LogP contribution in [0, 0.1) is 12.8 Å². The Hall–Kier alpha value is -2.11. The Morgan fingerprint density at radius 2 is 2.16 bits per heavy atom. The van der Waals surface area contributed by atoms with Crippen LogP contribution in [0.5, 0.6) is 0 Å². The number of rotatable bonds is 8. The van der Waals surface area contributed by atoms with Crippen LogP contribution in [-0.4, -0.2) is 27.0 Å². The maximum atomic E-state index is 12.6. The number of aromatic nitrogens is 2. The van der Waals surface area contributed by atoms with Gasteiger partial charge in [0.2, 0.25) is 11.8 Å². The van der Waals surface area contributed by atoms with Gasteiger partial charge in [0.1, 0.15) is 11.5 Å². The van der Waals surface area contributed by atoms with E-state index in [1.54, 1.807) is 6.92 Å². The molecule has 2 fully saturated rings. The summed E-state index contributed by atoms with van der Waals surface area (Å²) in [6.07, 6.45) is 5.30. The SMILES string of the molecule is Cc1noc(CCCC(=O)N(Cc2ccc(C3CC3C)o2)C2CC2)n1. The highest BCUT2D eigenvalue weighted by atomic mass is 16.5. The van der Waals surface area contributed by atoms with Crippen LogP contribution in [-0.2, 0) is 17.8 Å². The first kappa shape index (κ1) is 16.4. The summed E-state index contributed by atoms with van der Waals surface area (Å²) in [7, 11) is 0. The molecule has 25 heavy (non-hydrogen) atoms. The molecule has 1 amide bonds. The zero-order valence-electron chi connectivity index (χ0n) is 14.9. The second kappa shape index (κ2) is 6.65. The molecule has 6 nitrogen and oxygen atoms in total. The number of carbonyl (C=O) groups excluding carboxylic acids is 1. The first-order valence-electron chi connectivity index (χ1n) is 9.27. The van der Waals surface area contributed by atoms with Crippen molar-refractivity contribution in [2.24, 2.45) is 5.92 Å². The van der Waals surface area contributed by atoms with Crippen molar-refractivity contribution in [1.29, 1.82) is 0 Å². The van der Waals surface area contributed by atoms with Crippen molar-refractivity contribution < 1.29 is 13.7 Å². The first-order chi connectivity index (χ1) is 12.1. The van der Waals surface area contributed by atoms with Crippen LogP contribution in [0.3, 0.4) is 0 Å². The molecule has 0 radical (unpaired) electrons. The van der Waals surface area contributed by atoms with E-state index in [0.29, 0.717) is 43.1 Å². The van der Waals surface area contributed by atoms with Crippen molar-refractivity contribution in [3.05, 3.63) is 35.4 Å². The van der Waals surface area contributed by atoms with E-state index in [1.165, 1.54) is 6.42 Å². The summed E-state index contributed by atoms with van der Waals surface area (Å²) in [5.41, 5.74) is 0. The lowest BCUT2D eigenvalue weighted by Gasteiger charge is -2.21. The quantitative estimate of drug-likeness (QED) is 0.732. The topological polar surface area (TPSA) is 72.4 Å². The Labute approximate surface area is 147 Å². The van der Waals surface area contributed by atoms with Gasteiger partial charge >= 0.3 is 0 Å². The van der Waals surface area contributed by atoms with E-state index in [0.717, 1.165) is 36.7 Å². The lowest BCUT2D eigenvalue weighted by Crippen LogP contribution is -2.32.